The number of piperidine rings is 1. The molecule has 2 aromatic carbocycles. The first-order valence-corrected chi connectivity index (χ1v) is 13.2. The van der Waals surface area contributed by atoms with Crippen molar-refractivity contribution >= 4 is 17.7 Å². The van der Waals surface area contributed by atoms with E-state index in [0.29, 0.717) is 30.5 Å². The zero-order valence-corrected chi connectivity index (χ0v) is 20.7. The number of amides is 3. The van der Waals surface area contributed by atoms with Crippen LogP contribution in [0.1, 0.15) is 71.5 Å². The van der Waals surface area contributed by atoms with Crippen LogP contribution in [-0.4, -0.2) is 58.8 Å². The van der Waals surface area contributed by atoms with Crippen molar-refractivity contribution in [1.29, 1.82) is 5.26 Å². The number of likely N-dealkylation sites (tertiary alicyclic amines) is 1. The quantitative estimate of drug-likeness (QED) is 0.636. The third-order valence-corrected chi connectivity index (χ3v) is 8.35. The summed E-state index contributed by atoms with van der Waals surface area (Å²) in [5.41, 5.74) is 3.36. The lowest BCUT2D eigenvalue weighted by molar-refractivity contribution is -0.136. The summed E-state index contributed by atoms with van der Waals surface area (Å²) in [7, 11) is 0. The predicted octanol–water partition coefficient (Wildman–Crippen LogP) is 3.11. The second-order valence-corrected chi connectivity index (χ2v) is 10.6. The molecule has 2 aromatic rings. The SMILES string of the molecule is N#Cc1ccccc1C1CN([C@@H]2CCCC[C@@H]2Oc2ccc3c(c2)CN([C@@H]2CCC(=O)NC2=O)C3=O)C1. The van der Waals surface area contributed by atoms with E-state index in [1.54, 1.807) is 11.0 Å². The van der Waals surface area contributed by atoms with Crippen LogP contribution in [0.4, 0.5) is 0 Å². The van der Waals surface area contributed by atoms with Crippen molar-refractivity contribution in [3.8, 4) is 11.8 Å². The molecule has 0 aromatic heterocycles. The molecule has 1 N–H and O–H groups in total. The fraction of sp³-hybridized carbons (Fsp3) is 0.448. The van der Waals surface area contributed by atoms with E-state index in [1.807, 2.05) is 30.3 Å². The molecule has 1 saturated carbocycles. The number of hydrogen-bond donors (Lipinski definition) is 1. The molecular weight excluding hydrogens is 468 g/mol. The standard InChI is InChI=1S/C29H30N4O4/c30-14-18-5-1-2-6-22(18)20-15-32(16-20)24-7-3-4-8-26(24)37-21-9-10-23-19(13-21)17-33(29(23)36)25-11-12-27(34)31-28(25)35/h1-2,5-6,9-10,13,20,24-26H,3-4,7-8,11-12,15-17H2,(H,31,34,35)/t24-,25-,26+/m1/s1. The summed E-state index contributed by atoms with van der Waals surface area (Å²) in [6, 6.07) is 15.5. The number of fused-ring (bicyclic) bond motifs is 1. The molecule has 4 aliphatic rings. The minimum atomic E-state index is -0.616. The van der Waals surface area contributed by atoms with Crippen LogP contribution in [0.2, 0.25) is 0 Å². The van der Waals surface area contributed by atoms with E-state index in [2.05, 4.69) is 22.4 Å². The molecule has 2 saturated heterocycles. The van der Waals surface area contributed by atoms with Crippen molar-refractivity contribution < 1.29 is 19.1 Å². The van der Waals surface area contributed by atoms with Gasteiger partial charge in [0.25, 0.3) is 5.91 Å². The highest BCUT2D eigenvalue weighted by atomic mass is 16.5. The number of benzene rings is 2. The van der Waals surface area contributed by atoms with E-state index in [9.17, 15) is 19.6 Å². The van der Waals surface area contributed by atoms with Gasteiger partial charge in [-0.2, -0.15) is 5.26 Å². The first-order chi connectivity index (χ1) is 18.0. The van der Waals surface area contributed by atoms with Crippen LogP contribution in [0, 0.1) is 11.3 Å². The minimum Gasteiger partial charge on any atom is -0.489 e. The molecular formula is C29H30N4O4. The van der Waals surface area contributed by atoms with Gasteiger partial charge in [-0.05, 0) is 61.1 Å². The summed E-state index contributed by atoms with van der Waals surface area (Å²) in [4.78, 5) is 40.9. The van der Waals surface area contributed by atoms with Crippen molar-refractivity contribution in [2.24, 2.45) is 0 Å². The van der Waals surface area contributed by atoms with Crippen LogP contribution in [-0.2, 0) is 16.1 Å². The summed E-state index contributed by atoms with van der Waals surface area (Å²) >= 11 is 0. The lowest BCUT2D eigenvalue weighted by atomic mass is 9.83. The van der Waals surface area contributed by atoms with Crippen LogP contribution in [0.15, 0.2) is 42.5 Å². The first-order valence-electron chi connectivity index (χ1n) is 13.2. The maximum atomic E-state index is 13.0. The van der Waals surface area contributed by atoms with E-state index in [-0.39, 0.29) is 24.3 Å². The van der Waals surface area contributed by atoms with Gasteiger partial charge in [0.15, 0.2) is 0 Å². The number of nitriles is 1. The molecule has 3 atom stereocenters. The second kappa shape index (κ2) is 9.64. The molecule has 1 aliphatic carbocycles. The van der Waals surface area contributed by atoms with Gasteiger partial charge >= 0.3 is 0 Å². The van der Waals surface area contributed by atoms with Crippen molar-refractivity contribution in [3.63, 3.8) is 0 Å². The van der Waals surface area contributed by atoms with E-state index in [0.717, 1.165) is 54.8 Å². The third-order valence-electron chi connectivity index (χ3n) is 8.35. The lowest BCUT2D eigenvalue weighted by Crippen LogP contribution is -2.57. The van der Waals surface area contributed by atoms with Gasteiger partial charge in [0.2, 0.25) is 11.8 Å². The fourth-order valence-corrected chi connectivity index (χ4v) is 6.37. The molecule has 0 bridgehead atoms. The smallest absolute Gasteiger partial charge is 0.255 e. The molecule has 190 valence electrons. The molecule has 3 amide bonds. The van der Waals surface area contributed by atoms with Gasteiger partial charge in [-0.1, -0.05) is 24.6 Å². The number of ether oxygens (including phenoxy) is 1. The Balaban J connectivity index is 1.12. The Bertz CT molecular complexity index is 1300. The highest BCUT2D eigenvalue weighted by Crippen LogP contribution is 2.37. The van der Waals surface area contributed by atoms with E-state index >= 15 is 0 Å². The summed E-state index contributed by atoms with van der Waals surface area (Å²) < 4.78 is 6.54. The van der Waals surface area contributed by atoms with Crippen LogP contribution in [0.5, 0.6) is 5.75 Å². The van der Waals surface area contributed by atoms with Gasteiger partial charge in [-0.15, -0.1) is 0 Å². The van der Waals surface area contributed by atoms with Gasteiger partial charge in [-0.3, -0.25) is 24.6 Å². The van der Waals surface area contributed by atoms with Crippen molar-refractivity contribution in [3.05, 3.63) is 64.7 Å². The maximum absolute atomic E-state index is 13.0. The number of nitrogens with one attached hydrogen (secondary N) is 1. The van der Waals surface area contributed by atoms with Gasteiger partial charge in [-0.25, -0.2) is 0 Å². The monoisotopic (exact) mass is 498 g/mol. The summed E-state index contributed by atoms with van der Waals surface area (Å²) in [6.07, 6.45) is 5.05. The molecule has 8 nitrogen and oxygen atoms in total. The normalized spacial score (nSPS) is 26.3. The average Bonchev–Trinajstić information content (AvgIpc) is 3.20. The Kier molecular flexibility index (Phi) is 6.17. The Hall–Kier alpha value is -3.70. The molecule has 3 aliphatic heterocycles. The molecule has 8 heteroatoms. The van der Waals surface area contributed by atoms with Crippen LogP contribution < -0.4 is 10.1 Å². The molecule has 3 fully saturated rings. The van der Waals surface area contributed by atoms with Crippen molar-refractivity contribution in [1.82, 2.24) is 15.1 Å². The molecule has 37 heavy (non-hydrogen) atoms. The fourth-order valence-electron chi connectivity index (χ4n) is 6.37. The summed E-state index contributed by atoms with van der Waals surface area (Å²) in [5, 5.41) is 11.8. The van der Waals surface area contributed by atoms with Crippen molar-refractivity contribution in [2.45, 2.75) is 69.2 Å². The minimum absolute atomic E-state index is 0.0716. The zero-order valence-electron chi connectivity index (χ0n) is 20.7. The topological polar surface area (TPSA) is 103 Å². The molecule has 0 spiro atoms. The van der Waals surface area contributed by atoms with Gasteiger partial charge < -0.3 is 9.64 Å². The number of imide groups is 1. The number of nitrogens with zero attached hydrogens (tertiary/aromatic N) is 3. The lowest BCUT2D eigenvalue weighted by Gasteiger charge is -2.48. The Morgan fingerprint density at radius 2 is 1.81 bits per heavy atom. The average molecular weight is 499 g/mol. The molecule has 3 heterocycles. The predicted molar refractivity (Wildman–Crippen MR) is 135 cm³/mol. The number of rotatable bonds is 5. The van der Waals surface area contributed by atoms with Gasteiger partial charge in [0.05, 0.1) is 11.6 Å². The Morgan fingerprint density at radius 1 is 1.00 bits per heavy atom. The highest BCUT2D eigenvalue weighted by Gasteiger charge is 2.41. The third kappa shape index (κ3) is 4.38. The maximum Gasteiger partial charge on any atom is 0.255 e. The second-order valence-electron chi connectivity index (χ2n) is 10.6. The van der Waals surface area contributed by atoms with Crippen LogP contribution in [0.3, 0.4) is 0 Å². The summed E-state index contributed by atoms with van der Waals surface area (Å²) in [5.74, 6) is 0.272. The summed E-state index contributed by atoms with van der Waals surface area (Å²) in [6.45, 7) is 2.21. The molecule has 0 unspecified atom stereocenters. The van der Waals surface area contributed by atoms with E-state index < -0.39 is 11.9 Å². The first kappa shape index (κ1) is 23.7. The van der Waals surface area contributed by atoms with Gasteiger partial charge in [0, 0.05) is 43.6 Å². The molecule has 6 rings (SSSR count). The van der Waals surface area contributed by atoms with Gasteiger partial charge in [0.1, 0.15) is 17.9 Å². The number of hydrogen-bond acceptors (Lipinski definition) is 6. The largest absolute Gasteiger partial charge is 0.489 e. The Morgan fingerprint density at radius 3 is 2.62 bits per heavy atom. The Labute approximate surface area is 216 Å². The number of carbonyl (C=O) groups excluding carboxylic acids is 3. The van der Waals surface area contributed by atoms with E-state index in [4.69, 9.17) is 4.74 Å². The van der Waals surface area contributed by atoms with Crippen LogP contribution in [0.25, 0.3) is 0 Å². The molecule has 0 radical (unpaired) electrons. The van der Waals surface area contributed by atoms with Crippen LogP contribution >= 0.6 is 0 Å². The number of carbonyl (C=O) groups is 3. The van der Waals surface area contributed by atoms with E-state index in [1.165, 1.54) is 6.42 Å². The zero-order chi connectivity index (χ0) is 25.5. The highest BCUT2D eigenvalue weighted by molar-refractivity contribution is 6.05. The van der Waals surface area contributed by atoms with Crippen molar-refractivity contribution in [2.75, 3.05) is 13.1 Å².